The highest BCUT2D eigenvalue weighted by Crippen LogP contribution is 2.27. The summed E-state index contributed by atoms with van der Waals surface area (Å²) in [5.41, 5.74) is 3.19. The number of unbranched alkanes of at least 4 members (excludes halogenated alkanes) is 1. The van der Waals surface area contributed by atoms with Gasteiger partial charge in [-0.15, -0.1) is 0 Å². The lowest BCUT2D eigenvalue weighted by Gasteiger charge is -2.10. The van der Waals surface area contributed by atoms with Gasteiger partial charge in [-0.3, -0.25) is 15.1 Å². The molecule has 2 heterocycles. The van der Waals surface area contributed by atoms with Crippen LogP contribution in [0.4, 0.5) is 5.69 Å². The summed E-state index contributed by atoms with van der Waals surface area (Å²) >= 11 is 8.72. The molecule has 0 saturated carbocycles. The molecule has 9 heteroatoms. The molecule has 0 fully saturated rings. The molecule has 0 bridgehead atoms. The first kappa shape index (κ1) is 22.9. The number of carbonyl (C=O) groups is 1. The number of nitrogens with one attached hydrogen (secondary N) is 2. The van der Waals surface area contributed by atoms with Crippen molar-refractivity contribution in [2.24, 2.45) is 0 Å². The molecule has 2 aromatic carbocycles. The third kappa shape index (κ3) is 5.94. The Hall–Kier alpha value is -3.30. The number of anilines is 1. The van der Waals surface area contributed by atoms with E-state index in [0.29, 0.717) is 40.6 Å². The number of ether oxygens (including phenoxy) is 1. The van der Waals surface area contributed by atoms with Gasteiger partial charge >= 0.3 is 0 Å². The third-order valence-electron chi connectivity index (χ3n) is 4.69. The lowest BCUT2D eigenvalue weighted by molar-refractivity contribution is 0.0977. The molecule has 168 valence electrons. The first-order valence-electron chi connectivity index (χ1n) is 10.4. The SMILES string of the molecule is CCCCOc1cccc(C(=O)NC(=S)Nc2ccc3oc(-c4cncc(Br)c4)nc3c2)c1. The van der Waals surface area contributed by atoms with Gasteiger partial charge in [-0.1, -0.05) is 19.4 Å². The van der Waals surface area contributed by atoms with Crippen LogP contribution in [0.25, 0.3) is 22.6 Å². The number of nitrogens with zero attached hydrogens (tertiary/aromatic N) is 2. The van der Waals surface area contributed by atoms with E-state index in [1.54, 1.807) is 48.8 Å². The molecule has 0 aliphatic carbocycles. The van der Waals surface area contributed by atoms with Gasteiger partial charge in [0.15, 0.2) is 10.7 Å². The molecule has 0 radical (unpaired) electrons. The van der Waals surface area contributed by atoms with Gasteiger partial charge in [-0.2, -0.15) is 0 Å². The normalized spacial score (nSPS) is 10.7. The Labute approximate surface area is 204 Å². The highest BCUT2D eigenvalue weighted by Gasteiger charge is 2.12. The van der Waals surface area contributed by atoms with Gasteiger partial charge in [0.05, 0.1) is 12.2 Å². The van der Waals surface area contributed by atoms with Crippen molar-refractivity contribution in [2.75, 3.05) is 11.9 Å². The largest absolute Gasteiger partial charge is 0.494 e. The fraction of sp³-hybridized carbons (Fsp3) is 0.167. The van der Waals surface area contributed by atoms with Crippen LogP contribution in [0.2, 0.25) is 0 Å². The van der Waals surface area contributed by atoms with Gasteiger partial charge in [0.1, 0.15) is 11.3 Å². The number of rotatable bonds is 7. The smallest absolute Gasteiger partial charge is 0.257 e. The van der Waals surface area contributed by atoms with Crippen LogP contribution in [0.3, 0.4) is 0 Å². The van der Waals surface area contributed by atoms with E-state index in [-0.39, 0.29) is 11.0 Å². The van der Waals surface area contributed by atoms with Crippen LogP contribution in [-0.4, -0.2) is 27.6 Å². The van der Waals surface area contributed by atoms with E-state index in [9.17, 15) is 4.79 Å². The number of oxazole rings is 1. The molecule has 0 saturated heterocycles. The Kier molecular flexibility index (Phi) is 7.31. The predicted molar refractivity (Wildman–Crippen MR) is 135 cm³/mol. The number of aromatic nitrogens is 2. The summed E-state index contributed by atoms with van der Waals surface area (Å²) in [7, 11) is 0. The number of fused-ring (bicyclic) bond motifs is 1. The van der Waals surface area contributed by atoms with Gasteiger partial charge in [-0.05, 0) is 77.0 Å². The Morgan fingerprint density at radius 3 is 2.88 bits per heavy atom. The average Bonchev–Trinajstić information content (AvgIpc) is 3.23. The second-order valence-electron chi connectivity index (χ2n) is 7.23. The molecular weight excluding hydrogens is 504 g/mol. The zero-order chi connectivity index (χ0) is 23.2. The second kappa shape index (κ2) is 10.5. The van der Waals surface area contributed by atoms with Crippen molar-refractivity contribution < 1.29 is 13.9 Å². The lowest BCUT2D eigenvalue weighted by atomic mass is 10.2. The average molecular weight is 525 g/mol. The van der Waals surface area contributed by atoms with Crippen LogP contribution in [0.15, 0.2) is 69.8 Å². The molecule has 0 aliphatic heterocycles. The fourth-order valence-electron chi connectivity index (χ4n) is 3.06. The molecule has 1 amide bonds. The minimum atomic E-state index is -0.319. The molecule has 0 aliphatic rings. The fourth-order valence-corrected chi connectivity index (χ4v) is 3.63. The molecule has 4 aromatic rings. The van der Waals surface area contributed by atoms with Crippen molar-refractivity contribution in [3.8, 4) is 17.2 Å². The van der Waals surface area contributed by atoms with Crippen molar-refractivity contribution in [3.63, 3.8) is 0 Å². The molecular formula is C24H21BrN4O3S. The first-order chi connectivity index (χ1) is 16.0. The Morgan fingerprint density at radius 2 is 2.06 bits per heavy atom. The molecule has 0 atom stereocenters. The van der Waals surface area contributed by atoms with Gasteiger partial charge in [0.25, 0.3) is 5.91 Å². The third-order valence-corrected chi connectivity index (χ3v) is 5.32. The van der Waals surface area contributed by atoms with Crippen LogP contribution in [0, 0.1) is 0 Å². The Bertz CT molecular complexity index is 1310. The number of hydrogen-bond donors (Lipinski definition) is 2. The van der Waals surface area contributed by atoms with Crippen molar-refractivity contribution >= 4 is 56.0 Å². The number of hydrogen-bond acceptors (Lipinski definition) is 6. The number of halogens is 1. The summed E-state index contributed by atoms with van der Waals surface area (Å²) < 4.78 is 12.3. The molecule has 4 rings (SSSR count). The highest BCUT2D eigenvalue weighted by molar-refractivity contribution is 9.10. The zero-order valence-corrected chi connectivity index (χ0v) is 20.2. The van der Waals surface area contributed by atoms with E-state index in [1.807, 2.05) is 12.1 Å². The Morgan fingerprint density at radius 1 is 1.18 bits per heavy atom. The molecule has 0 spiro atoms. The van der Waals surface area contributed by atoms with Gasteiger partial charge < -0.3 is 14.5 Å². The summed E-state index contributed by atoms with van der Waals surface area (Å²) in [6.07, 6.45) is 5.38. The maximum absolute atomic E-state index is 12.6. The van der Waals surface area contributed by atoms with E-state index in [1.165, 1.54) is 0 Å². The van der Waals surface area contributed by atoms with Crippen LogP contribution in [0.1, 0.15) is 30.1 Å². The first-order valence-corrected chi connectivity index (χ1v) is 11.6. The van der Waals surface area contributed by atoms with Crippen LogP contribution < -0.4 is 15.4 Å². The number of carbonyl (C=O) groups excluding carboxylic acids is 1. The number of benzene rings is 2. The van der Waals surface area contributed by atoms with Crippen molar-refractivity contribution in [1.29, 1.82) is 0 Å². The van der Waals surface area contributed by atoms with Gasteiger partial charge in [-0.25, -0.2) is 4.98 Å². The summed E-state index contributed by atoms with van der Waals surface area (Å²) in [6.45, 7) is 2.71. The summed E-state index contributed by atoms with van der Waals surface area (Å²) in [6, 6.07) is 14.3. The van der Waals surface area contributed by atoms with Crippen molar-refractivity contribution in [1.82, 2.24) is 15.3 Å². The molecule has 2 N–H and O–H groups in total. The topological polar surface area (TPSA) is 89.3 Å². The van der Waals surface area contributed by atoms with E-state index >= 15 is 0 Å². The van der Waals surface area contributed by atoms with Crippen molar-refractivity contribution in [3.05, 3.63) is 71.0 Å². The maximum Gasteiger partial charge on any atom is 0.257 e. The van der Waals surface area contributed by atoms with Gasteiger partial charge in [0.2, 0.25) is 5.89 Å². The lowest BCUT2D eigenvalue weighted by Crippen LogP contribution is -2.34. The molecule has 0 unspecified atom stereocenters. The number of pyridine rings is 1. The van der Waals surface area contributed by atoms with E-state index in [0.717, 1.165) is 22.9 Å². The number of thiocarbonyl (C=S) groups is 1. The van der Waals surface area contributed by atoms with Gasteiger partial charge in [0, 0.05) is 28.1 Å². The van der Waals surface area contributed by atoms with E-state index in [4.69, 9.17) is 21.4 Å². The molecule has 2 aromatic heterocycles. The second-order valence-corrected chi connectivity index (χ2v) is 8.56. The summed E-state index contributed by atoms with van der Waals surface area (Å²) in [4.78, 5) is 21.3. The molecule has 7 nitrogen and oxygen atoms in total. The standard InChI is InChI=1S/C24H21BrN4O3S/c1-2-3-9-31-19-6-4-5-15(11-19)22(30)29-24(33)27-18-7-8-21-20(12-18)28-23(32-21)16-10-17(25)14-26-13-16/h4-8,10-14H,2-3,9H2,1H3,(H2,27,29,30,33). The van der Waals surface area contributed by atoms with Crippen LogP contribution in [0.5, 0.6) is 5.75 Å². The highest BCUT2D eigenvalue weighted by atomic mass is 79.9. The van der Waals surface area contributed by atoms with Crippen molar-refractivity contribution in [2.45, 2.75) is 19.8 Å². The summed E-state index contributed by atoms with van der Waals surface area (Å²) in [5, 5.41) is 5.89. The van der Waals surface area contributed by atoms with E-state index < -0.39 is 0 Å². The van der Waals surface area contributed by atoms with E-state index in [2.05, 4.69) is 43.5 Å². The quantitative estimate of drug-likeness (QED) is 0.227. The van der Waals surface area contributed by atoms with Crippen LogP contribution in [-0.2, 0) is 0 Å². The minimum absolute atomic E-state index is 0.177. The minimum Gasteiger partial charge on any atom is -0.494 e. The Balaban J connectivity index is 1.41. The summed E-state index contributed by atoms with van der Waals surface area (Å²) in [5.74, 6) is 0.802. The van der Waals surface area contributed by atoms with Crippen LogP contribution >= 0.6 is 28.1 Å². The molecule has 33 heavy (non-hydrogen) atoms. The monoisotopic (exact) mass is 524 g/mol. The maximum atomic E-state index is 12.6. The zero-order valence-electron chi connectivity index (χ0n) is 17.8. The predicted octanol–water partition coefficient (Wildman–Crippen LogP) is 5.96. The number of amides is 1.